The molecular weight excluding hydrogens is 590 g/mol. The molecule has 7 rings (SSSR count). The van der Waals surface area contributed by atoms with E-state index < -0.39 is 35.5 Å². The normalized spacial score (nSPS) is 34.7. The fourth-order valence-electron chi connectivity index (χ4n) is 7.80. The van der Waals surface area contributed by atoms with Crippen LogP contribution in [0.1, 0.15) is 51.2 Å². The Hall–Kier alpha value is -2.73. The zero-order chi connectivity index (χ0) is 29.0. The minimum Gasteiger partial charge on any atom is -0.349 e. The number of hydrogen-bond acceptors (Lipinski definition) is 6. The maximum absolute atomic E-state index is 14.0. The number of piperazine rings is 1. The lowest BCUT2D eigenvalue weighted by Crippen LogP contribution is -2.71. The van der Waals surface area contributed by atoms with Crippen LogP contribution in [0.2, 0.25) is 0 Å². The average Bonchev–Trinajstić information content (AvgIpc) is 3.58. The van der Waals surface area contributed by atoms with Crippen LogP contribution < -0.4 is 5.32 Å². The molecule has 1 aliphatic carbocycles. The van der Waals surface area contributed by atoms with Crippen molar-refractivity contribution in [1.82, 2.24) is 25.0 Å². The Bertz CT molecular complexity index is 1520. The fourth-order valence-corrected chi connectivity index (χ4v) is 8.38. The van der Waals surface area contributed by atoms with Crippen molar-refractivity contribution in [3.8, 4) is 0 Å². The molecule has 3 amide bonds. The quantitative estimate of drug-likeness (QED) is 0.481. The second-order valence-corrected chi connectivity index (χ2v) is 13.6. The number of benzene rings is 1. The highest BCUT2D eigenvalue weighted by Gasteiger charge is 2.70. The first-order valence-corrected chi connectivity index (χ1v) is 15.3. The van der Waals surface area contributed by atoms with Gasteiger partial charge in [-0.15, -0.1) is 0 Å². The number of fused-ring (bicyclic) bond motifs is 5. The summed E-state index contributed by atoms with van der Waals surface area (Å²) in [6, 6.07) is 4.77. The van der Waals surface area contributed by atoms with Crippen LogP contribution in [0.15, 0.2) is 28.9 Å². The highest BCUT2D eigenvalue weighted by Crippen LogP contribution is 2.47. The highest BCUT2D eigenvalue weighted by atomic mass is 79.9. The van der Waals surface area contributed by atoms with Crippen molar-refractivity contribution in [2.45, 2.75) is 76.2 Å². The van der Waals surface area contributed by atoms with Gasteiger partial charge >= 0.3 is 0 Å². The SMILES string of the molecule is CC(C)C[C@H]1C(=O)N2CCC[C@H]2[C@]2(O)O[C@@](C)(NC(=O)[C@@H]3C=C4c5cccc6[nH]c(Br)c(c56)C[C@H]4N(C)C3)C(=O)N12. The fraction of sp³-hybridized carbons (Fsp3) is 0.567. The third kappa shape index (κ3) is 3.81. The van der Waals surface area contributed by atoms with Gasteiger partial charge in [-0.05, 0) is 84.3 Å². The van der Waals surface area contributed by atoms with Gasteiger partial charge in [0.25, 0.3) is 11.8 Å². The minimum absolute atomic E-state index is 0.111. The molecule has 218 valence electrons. The van der Waals surface area contributed by atoms with Crippen molar-refractivity contribution < 1.29 is 24.2 Å². The number of carbonyl (C=O) groups is 3. The summed E-state index contributed by atoms with van der Waals surface area (Å²) < 4.78 is 7.17. The van der Waals surface area contributed by atoms with E-state index >= 15 is 0 Å². The van der Waals surface area contributed by atoms with Crippen molar-refractivity contribution in [2.75, 3.05) is 20.1 Å². The first-order valence-electron chi connectivity index (χ1n) is 14.5. The van der Waals surface area contributed by atoms with Gasteiger partial charge in [-0.25, -0.2) is 0 Å². The molecule has 4 aliphatic heterocycles. The number of nitrogens with one attached hydrogen (secondary N) is 2. The average molecular weight is 627 g/mol. The minimum atomic E-state index is -1.99. The Kier molecular flexibility index (Phi) is 6.04. The van der Waals surface area contributed by atoms with Gasteiger partial charge in [-0.1, -0.05) is 32.1 Å². The van der Waals surface area contributed by atoms with E-state index in [0.717, 1.165) is 34.1 Å². The molecule has 0 spiro atoms. The van der Waals surface area contributed by atoms with Gasteiger partial charge in [0.05, 0.1) is 10.5 Å². The van der Waals surface area contributed by atoms with E-state index in [9.17, 15) is 19.5 Å². The van der Waals surface area contributed by atoms with Crippen molar-refractivity contribution in [3.63, 3.8) is 0 Å². The lowest BCUT2D eigenvalue weighted by molar-refractivity contribution is -0.315. The topological polar surface area (TPSA) is 118 Å². The summed E-state index contributed by atoms with van der Waals surface area (Å²) >= 11 is 3.69. The van der Waals surface area contributed by atoms with Crippen LogP contribution in [0.25, 0.3) is 16.5 Å². The van der Waals surface area contributed by atoms with E-state index in [2.05, 4.69) is 43.3 Å². The van der Waals surface area contributed by atoms with Gasteiger partial charge in [0, 0.05) is 30.0 Å². The van der Waals surface area contributed by atoms with Crippen molar-refractivity contribution in [2.24, 2.45) is 11.8 Å². The summed E-state index contributed by atoms with van der Waals surface area (Å²) in [5, 5.41) is 15.9. The standard InChI is InChI=1S/C30H36BrN5O5/c1-15(2)11-22-27(38)35-10-6-9-23(35)30(40)36(22)28(39)29(3,41-30)33-26(37)16-12-18-17-7-5-8-20-24(17)19(25(31)32-20)13-21(18)34(4)14-16/h5,7-8,12,15-16,21-23,32,40H,6,9-11,13-14H2,1-4H3,(H,33,37)/t16-,21-,22+,23+,29-,30+/m1/s1. The molecule has 1 aromatic carbocycles. The van der Waals surface area contributed by atoms with Crippen molar-refractivity contribution in [3.05, 3.63) is 40.0 Å². The van der Waals surface area contributed by atoms with Crippen LogP contribution in [-0.4, -0.2) is 92.4 Å². The Morgan fingerprint density at radius 2 is 2.10 bits per heavy atom. The summed E-state index contributed by atoms with van der Waals surface area (Å²) in [4.78, 5) is 49.8. The first kappa shape index (κ1) is 27.1. The zero-order valence-electron chi connectivity index (χ0n) is 23.7. The number of aromatic nitrogens is 1. The molecule has 0 unspecified atom stereocenters. The molecule has 2 aromatic rings. The summed E-state index contributed by atoms with van der Waals surface area (Å²) in [7, 11) is 2.02. The maximum Gasteiger partial charge on any atom is 0.280 e. The molecule has 41 heavy (non-hydrogen) atoms. The van der Waals surface area contributed by atoms with E-state index in [-0.39, 0.29) is 23.8 Å². The van der Waals surface area contributed by atoms with Gasteiger partial charge < -0.3 is 20.3 Å². The third-order valence-electron chi connectivity index (χ3n) is 9.63. The molecule has 0 saturated carbocycles. The number of hydrogen-bond donors (Lipinski definition) is 3. The van der Waals surface area contributed by atoms with Crippen LogP contribution >= 0.6 is 15.9 Å². The first-order chi connectivity index (χ1) is 19.4. The van der Waals surface area contributed by atoms with E-state index in [1.807, 2.05) is 33.0 Å². The van der Waals surface area contributed by atoms with Gasteiger partial charge in [-0.2, -0.15) is 0 Å². The Labute approximate surface area is 247 Å². The lowest BCUT2D eigenvalue weighted by atomic mass is 9.79. The third-order valence-corrected chi connectivity index (χ3v) is 10.3. The van der Waals surface area contributed by atoms with E-state index in [1.165, 1.54) is 22.8 Å². The van der Waals surface area contributed by atoms with Crippen molar-refractivity contribution >= 4 is 50.1 Å². The molecule has 6 atom stereocenters. The largest absolute Gasteiger partial charge is 0.349 e. The summed E-state index contributed by atoms with van der Waals surface area (Å²) in [5.41, 5.74) is 2.67. The highest BCUT2D eigenvalue weighted by molar-refractivity contribution is 9.10. The zero-order valence-corrected chi connectivity index (χ0v) is 25.3. The summed E-state index contributed by atoms with van der Waals surface area (Å²) in [5.74, 6) is -3.52. The Morgan fingerprint density at radius 1 is 1.32 bits per heavy atom. The molecule has 10 nitrogen and oxygen atoms in total. The summed E-state index contributed by atoms with van der Waals surface area (Å²) in [6.45, 7) is 6.44. The second-order valence-electron chi connectivity index (χ2n) is 12.8. The lowest BCUT2D eigenvalue weighted by Gasteiger charge is -2.49. The van der Waals surface area contributed by atoms with Crippen LogP contribution in [0.4, 0.5) is 0 Å². The molecular formula is C30H36BrN5O5. The second kappa shape index (κ2) is 9.13. The number of halogens is 1. The van der Waals surface area contributed by atoms with E-state index in [4.69, 9.17) is 4.74 Å². The molecule has 0 radical (unpaired) electrons. The predicted molar refractivity (Wildman–Crippen MR) is 155 cm³/mol. The number of aromatic amines is 1. The number of H-pyrrole nitrogens is 1. The predicted octanol–water partition coefficient (Wildman–Crippen LogP) is 2.56. The van der Waals surface area contributed by atoms with Gasteiger partial charge in [0.2, 0.25) is 17.5 Å². The van der Waals surface area contributed by atoms with E-state index in [0.29, 0.717) is 25.9 Å². The van der Waals surface area contributed by atoms with Gasteiger partial charge in [0.1, 0.15) is 12.1 Å². The molecule has 0 bridgehead atoms. The van der Waals surface area contributed by atoms with E-state index in [1.54, 1.807) is 4.90 Å². The molecule has 1 aromatic heterocycles. The molecule has 5 aliphatic rings. The number of carbonyl (C=O) groups excluding carboxylic acids is 3. The van der Waals surface area contributed by atoms with Gasteiger partial charge in [0.15, 0.2) is 0 Å². The van der Waals surface area contributed by atoms with Crippen LogP contribution in [-0.2, 0) is 25.5 Å². The Balaban J connectivity index is 1.21. The maximum atomic E-state index is 14.0. The summed E-state index contributed by atoms with van der Waals surface area (Å²) in [6.07, 6.45) is 4.48. The number of nitrogens with zero attached hydrogens (tertiary/aromatic N) is 3. The van der Waals surface area contributed by atoms with Crippen molar-refractivity contribution in [1.29, 1.82) is 0 Å². The molecule has 11 heteroatoms. The smallest absolute Gasteiger partial charge is 0.280 e. The Morgan fingerprint density at radius 3 is 2.85 bits per heavy atom. The molecule has 3 fully saturated rings. The van der Waals surface area contributed by atoms with Crippen LogP contribution in [0.3, 0.4) is 0 Å². The monoisotopic (exact) mass is 625 g/mol. The number of amides is 3. The van der Waals surface area contributed by atoms with Crippen LogP contribution in [0.5, 0.6) is 0 Å². The van der Waals surface area contributed by atoms with Gasteiger partial charge in [-0.3, -0.25) is 28.9 Å². The molecule has 3 saturated heterocycles. The van der Waals surface area contributed by atoms with Crippen LogP contribution in [0, 0.1) is 11.8 Å². The number of likely N-dealkylation sites (N-methyl/N-ethyl adjacent to an activating group) is 1. The molecule has 5 heterocycles. The number of ether oxygens (including phenoxy) is 1. The molecule has 3 N–H and O–H groups in total. The number of aliphatic hydroxyl groups is 1. The number of rotatable bonds is 4.